The van der Waals surface area contributed by atoms with E-state index in [2.05, 4.69) is 27.4 Å². The normalized spacial score (nSPS) is 17.8. The zero-order valence-corrected chi connectivity index (χ0v) is 27.1. The Kier molecular flexibility index (Phi) is 8.97. The van der Waals surface area contributed by atoms with Crippen LogP contribution in [0.1, 0.15) is 58.1 Å². The first-order chi connectivity index (χ1) is 20.4. The first-order valence-corrected chi connectivity index (χ1v) is 16.1. The number of carbonyl (C=O) groups excluding carboxylic acids is 1. The number of rotatable bonds is 11. The molecule has 1 aliphatic rings. The molecule has 2 aromatic heterocycles. The van der Waals surface area contributed by atoms with Crippen molar-refractivity contribution in [1.82, 2.24) is 20.5 Å². The van der Waals surface area contributed by atoms with Gasteiger partial charge in [-0.2, -0.15) is 0 Å². The zero-order chi connectivity index (χ0) is 32.6. The first kappa shape index (κ1) is 32.7. The third kappa shape index (κ3) is 7.65. The predicted molar refractivity (Wildman–Crippen MR) is 165 cm³/mol. The molecule has 1 aliphatic carbocycles. The summed E-state index contributed by atoms with van der Waals surface area (Å²) in [7, 11) is -2.36. The Balaban J connectivity index is 1.83. The minimum absolute atomic E-state index is 0.0210. The van der Waals surface area contributed by atoms with E-state index in [-0.39, 0.29) is 30.0 Å². The Morgan fingerprint density at radius 1 is 1.14 bits per heavy atom. The van der Waals surface area contributed by atoms with Crippen molar-refractivity contribution >= 4 is 33.7 Å². The van der Waals surface area contributed by atoms with E-state index < -0.39 is 33.2 Å². The largest absolute Gasteiger partial charge is 0.480 e. The Labute approximate surface area is 257 Å². The van der Waals surface area contributed by atoms with E-state index in [0.717, 1.165) is 22.5 Å². The maximum Gasteiger partial charge on any atom is 0.408 e. The number of aryl methyl sites for hydroxylation is 1. The molecule has 2 heterocycles. The number of carboxylic acids is 1. The van der Waals surface area contributed by atoms with Crippen molar-refractivity contribution in [2.75, 3.05) is 35.6 Å². The van der Waals surface area contributed by atoms with E-state index in [1.807, 2.05) is 31.2 Å². The van der Waals surface area contributed by atoms with Crippen LogP contribution in [0.5, 0.6) is 0 Å². The summed E-state index contributed by atoms with van der Waals surface area (Å²) in [6.45, 7) is 11.1. The molecule has 1 amide bonds. The highest BCUT2D eigenvalue weighted by Crippen LogP contribution is 2.40. The average Bonchev–Trinajstić information content (AvgIpc) is 3.37. The molecule has 44 heavy (non-hydrogen) atoms. The van der Waals surface area contributed by atoms with Crippen molar-refractivity contribution in [1.29, 1.82) is 0 Å². The molecule has 0 aliphatic heterocycles. The fraction of sp³-hybridized carbons (Fsp3) is 0.500. The van der Waals surface area contributed by atoms with Gasteiger partial charge >= 0.3 is 12.1 Å². The number of alkyl carbamates (subject to hydrolysis) is 1. The molecule has 4 rings (SSSR count). The molecule has 1 fully saturated rings. The van der Waals surface area contributed by atoms with Gasteiger partial charge in [-0.3, -0.25) is 9.10 Å². The van der Waals surface area contributed by atoms with E-state index >= 15 is 0 Å². The van der Waals surface area contributed by atoms with Crippen LogP contribution in [0, 0.1) is 18.8 Å². The zero-order valence-electron chi connectivity index (χ0n) is 26.3. The van der Waals surface area contributed by atoms with E-state index in [0.29, 0.717) is 29.5 Å². The third-order valence-electron chi connectivity index (χ3n) is 7.53. The quantitative estimate of drug-likeness (QED) is 0.313. The molecule has 2 unspecified atom stereocenters. The van der Waals surface area contributed by atoms with Gasteiger partial charge in [0.25, 0.3) is 0 Å². The van der Waals surface area contributed by atoms with Gasteiger partial charge in [0.2, 0.25) is 21.8 Å². The van der Waals surface area contributed by atoms with Crippen LogP contribution in [0.2, 0.25) is 0 Å². The van der Waals surface area contributed by atoms with Crippen LogP contribution in [0.4, 0.5) is 16.4 Å². The second-order valence-corrected chi connectivity index (χ2v) is 14.5. The summed E-state index contributed by atoms with van der Waals surface area (Å²) in [6, 6.07) is 10.5. The van der Waals surface area contributed by atoms with Crippen LogP contribution in [-0.4, -0.2) is 72.8 Å². The molecule has 14 heteroatoms. The summed E-state index contributed by atoms with van der Waals surface area (Å²) in [6.07, 6.45) is 1.31. The van der Waals surface area contributed by atoms with Crippen LogP contribution in [0.3, 0.4) is 0 Å². The number of hydrogen-bond acceptors (Lipinski definition) is 10. The van der Waals surface area contributed by atoms with Crippen LogP contribution in [0.25, 0.3) is 11.5 Å². The molecule has 13 nitrogen and oxygen atoms in total. The fourth-order valence-electron chi connectivity index (χ4n) is 4.88. The van der Waals surface area contributed by atoms with Gasteiger partial charge in [-0.05, 0) is 76.1 Å². The van der Waals surface area contributed by atoms with Crippen molar-refractivity contribution in [3.05, 3.63) is 53.4 Å². The van der Waals surface area contributed by atoms with Gasteiger partial charge in [0.15, 0.2) is 0 Å². The summed E-state index contributed by atoms with van der Waals surface area (Å²) in [5, 5.41) is 21.1. The molecule has 0 bridgehead atoms. The van der Waals surface area contributed by atoms with Crippen LogP contribution < -0.4 is 14.5 Å². The summed E-state index contributed by atoms with van der Waals surface area (Å²) in [4.78, 5) is 30.9. The fourth-order valence-corrected chi connectivity index (χ4v) is 5.31. The van der Waals surface area contributed by atoms with E-state index in [1.54, 1.807) is 38.7 Å². The number of carboxylic acid groups (broad SMARTS) is 1. The first-order valence-electron chi connectivity index (χ1n) is 14.2. The van der Waals surface area contributed by atoms with Crippen molar-refractivity contribution < 1.29 is 32.3 Å². The minimum atomic E-state index is -3.72. The molecular weight excluding hydrogens is 588 g/mol. The van der Waals surface area contributed by atoms with Crippen LogP contribution in [-0.2, 0) is 25.1 Å². The van der Waals surface area contributed by atoms with Crippen LogP contribution >= 0.6 is 0 Å². The van der Waals surface area contributed by atoms with E-state index in [9.17, 15) is 23.1 Å². The van der Waals surface area contributed by atoms with Gasteiger partial charge < -0.3 is 24.5 Å². The molecule has 1 aromatic carbocycles. The Morgan fingerprint density at radius 3 is 2.34 bits per heavy atom. The van der Waals surface area contributed by atoms with Gasteiger partial charge in [-0.25, -0.2) is 18.2 Å². The maximum atomic E-state index is 13.0. The molecule has 2 N–H and O–H groups in total. The second kappa shape index (κ2) is 12.1. The smallest absolute Gasteiger partial charge is 0.408 e. The lowest BCUT2D eigenvalue weighted by Gasteiger charge is -2.30. The SMILES string of the molecule is Cc1ccccc1[C@@](C)(NC(=O)OC(C)(C)C)c1nnc(-c2cc(N(CC(=O)O)CC3CC3C)nc(N(C)S(C)(=O)=O)c2)o1. The van der Waals surface area contributed by atoms with Gasteiger partial charge in [0.1, 0.15) is 29.3 Å². The number of amides is 1. The average molecular weight is 629 g/mol. The van der Waals surface area contributed by atoms with Crippen molar-refractivity contribution in [2.24, 2.45) is 11.8 Å². The Bertz CT molecular complexity index is 1650. The number of hydrogen-bond donors (Lipinski definition) is 2. The highest BCUT2D eigenvalue weighted by atomic mass is 32.2. The van der Waals surface area contributed by atoms with E-state index in [1.165, 1.54) is 13.1 Å². The topological polar surface area (TPSA) is 168 Å². The number of nitrogens with one attached hydrogen (secondary N) is 1. The number of sulfonamides is 1. The van der Waals surface area contributed by atoms with Gasteiger partial charge in [-0.15, -0.1) is 10.2 Å². The molecule has 0 radical (unpaired) electrons. The van der Waals surface area contributed by atoms with Gasteiger partial charge in [0, 0.05) is 19.2 Å². The predicted octanol–water partition coefficient (Wildman–Crippen LogP) is 4.17. The number of carbonyl (C=O) groups is 2. The summed E-state index contributed by atoms with van der Waals surface area (Å²) < 4.78 is 37.7. The molecule has 0 spiro atoms. The number of pyridine rings is 1. The van der Waals surface area contributed by atoms with Gasteiger partial charge in [0.05, 0.1) is 6.26 Å². The summed E-state index contributed by atoms with van der Waals surface area (Å²) in [5.74, 6) is 0.0643. The number of ether oxygens (including phenoxy) is 1. The third-order valence-corrected chi connectivity index (χ3v) is 8.72. The lowest BCUT2D eigenvalue weighted by atomic mass is 9.88. The highest BCUT2D eigenvalue weighted by molar-refractivity contribution is 7.92. The minimum Gasteiger partial charge on any atom is -0.480 e. The number of aromatic nitrogens is 3. The number of nitrogens with zero attached hydrogens (tertiary/aromatic N) is 5. The summed E-state index contributed by atoms with van der Waals surface area (Å²) >= 11 is 0. The van der Waals surface area contributed by atoms with Crippen molar-refractivity contribution in [3.63, 3.8) is 0 Å². The lowest BCUT2D eigenvalue weighted by molar-refractivity contribution is -0.135. The summed E-state index contributed by atoms with van der Waals surface area (Å²) in [5.41, 5.74) is -0.194. The Morgan fingerprint density at radius 2 is 1.77 bits per heavy atom. The number of anilines is 2. The maximum absolute atomic E-state index is 13.0. The lowest BCUT2D eigenvalue weighted by Crippen LogP contribution is -2.47. The Hall–Kier alpha value is -4.20. The number of aliphatic carboxylic acids is 1. The van der Waals surface area contributed by atoms with Gasteiger partial charge in [-0.1, -0.05) is 31.2 Å². The second-order valence-electron chi connectivity index (χ2n) is 12.5. The van der Waals surface area contributed by atoms with Crippen LogP contribution in [0.15, 0.2) is 40.8 Å². The molecule has 1 saturated carbocycles. The van der Waals surface area contributed by atoms with E-state index in [4.69, 9.17) is 9.15 Å². The molecule has 0 saturated heterocycles. The molecular formula is C30H40N6O7S. The molecule has 3 aromatic rings. The standard InChI is InChI=1S/C30H40N6O7S/c1-18-11-9-10-12-22(18)30(6,32-28(39)43-29(3,4)5)27-34-33-26(42-27)20-14-23(35(7)44(8,40)41)31-24(15-20)36(17-25(37)38)16-21-13-19(21)2/h9-12,14-15,19,21H,13,16-17H2,1-8H3,(H,32,39)(H,37,38)/t19?,21?,30-/m1/s1. The highest BCUT2D eigenvalue weighted by Gasteiger charge is 2.40. The number of benzene rings is 1. The molecule has 238 valence electrons. The van der Waals surface area contributed by atoms with Crippen molar-refractivity contribution in [2.45, 2.75) is 59.1 Å². The monoisotopic (exact) mass is 628 g/mol. The molecule has 3 atom stereocenters. The van der Waals surface area contributed by atoms with Crippen molar-refractivity contribution in [3.8, 4) is 11.5 Å².